The molecule has 0 radical (unpaired) electrons. The van der Waals surface area contributed by atoms with Crippen LogP contribution in [0, 0.1) is 10.1 Å². The molecule has 0 aliphatic carbocycles. The van der Waals surface area contributed by atoms with Crippen molar-refractivity contribution in [1.82, 2.24) is 0 Å². The molecule has 0 aliphatic heterocycles. The van der Waals surface area contributed by atoms with Gasteiger partial charge in [0.25, 0.3) is 15.7 Å². The topological polar surface area (TPSA) is 89.3 Å². The van der Waals surface area contributed by atoms with Crippen LogP contribution in [0.25, 0.3) is 0 Å². The Balaban J connectivity index is 2.29. The maximum absolute atomic E-state index is 12.2. The van der Waals surface area contributed by atoms with Gasteiger partial charge in [0, 0.05) is 17.8 Å². The Hall–Kier alpha value is -2.41. The summed E-state index contributed by atoms with van der Waals surface area (Å²) in [7, 11) is -3.84. The molecule has 0 heterocycles. The van der Waals surface area contributed by atoms with E-state index in [-0.39, 0.29) is 10.6 Å². The lowest BCUT2D eigenvalue weighted by Gasteiger charge is -2.08. The van der Waals surface area contributed by atoms with Crippen molar-refractivity contribution in [2.24, 2.45) is 0 Å². The van der Waals surface area contributed by atoms with E-state index in [4.69, 9.17) is 0 Å². The lowest BCUT2D eigenvalue weighted by molar-refractivity contribution is -0.385. The van der Waals surface area contributed by atoms with Crippen LogP contribution >= 0.6 is 0 Å². The number of nitrogens with zero attached hydrogens (tertiary/aromatic N) is 1. The van der Waals surface area contributed by atoms with Gasteiger partial charge in [-0.25, -0.2) is 8.42 Å². The highest BCUT2D eigenvalue weighted by Gasteiger charge is 2.17. The smallest absolute Gasteiger partial charge is 0.270 e. The minimum Gasteiger partial charge on any atom is -0.280 e. The summed E-state index contributed by atoms with van der Waals surface area (Å²) in [6, 6.07) is 11.9. The first kappa shape index (κ1) is 15.0. The Morgan fingerprint density at radius 3 is 2.38 bits per heavy atom. The standard InChI is InChI=1S/C14H14N2O4S/c1-2-11-6-8-12(9-7-11)15-21(19,20)14-5-3-4-13(10-14)16(17)18/h3-10,15H,2H2,1H3. The molecular weight excluding hydrogens is 292 g/mol. The van der Waals surface area contributed by atoms with Crippen LogP contribution in [-0.2, 0) is 16.4 Å². The zero-order valence-corrected chi connectivity index (χ0v) is 12.1. The fraction of sp³-hybridized carbons (Fsp3) is 0.143. The second kappa shape index (κ2) is 5.92. The summed E-state index contributed by atoms with van der Waals surface area (Å²) in [5.41, 5.74) is 1.24. The van der Waals surface area contributed by atoms with Crippen LogP contribution in [0.5, 0.6) is 0 Å². The van der Waals surface area contributed by atoms with Crippen molar-refractivity contribution >= 4 is 21.4 Å². The van der Waals surface area contributed by atoms with Crippen LogP contribution in [0.2, 0.25) is 0 Å². The molecule has 0 bridgehead atoms. The average molecular weight is 306 g/mol. The first-order chi connectivity index (χ1) is 9.92. The molecule has 2 rings (SSSR count). The van der Waals surface area contributed by atoms with Crippen molar-refractivity contribution < 1.29 is 13.3 Å². The number of nitrogens with one attached hydrogen (secondary N) is 1. The highest BCUT2D eigenvalue weighted by Crippen LogP contribution is 2.20. The van der Waals surface area contributed by atoms with Gasteiger partial charge in [-0.15, -0.1) is 0 Å². The number of benzene rings is 2. The van der Waals surface area contributed by atoms with Crippen LogP contribution < -0.4 is 4.72 Å². The number of aryl methyl sites for hydroxylation is 1. The second-order valence-corrected chi connectivity index (χ2v) is 6.09. The molecule has 110 valence electrons. The Bertz CT molecular complexity index is 755. The maximum Gasteiger partial charge on any atom is 0.270 e. The summed E-state index contributed by atoms with van der Waals surface area (Å²) in [6.45, 7) is 2.00. The van der Waals surface area contributed by atoms with E-state index in [9.17, 15) is 18.5 Å². The first-order valence-electron chi connectivity index (χ1n) is 6.28. The van der Waals surface area contributed by atoms with Crippen LogP contribution in [0.3, 0.4) is 0 Å². The number of sulfonamides is 1. The van der Waals surface area contributed by atoms with Crippen molar-refractivity contribution in [3.63, 3.8) is 0 Å². The summed E-state index contributed by atoms with van der Waals surface area (Å²) in [4.78, 5) is 9.93. The highest BCUT2D eigenvalue weighted by molar-refractivity contribution is 7.92. The van der Waals surface area contributed by atoms with Crippen molar-refractivity contribution in [2.45, 2.75) is 18.2 Å². The molecule has 6 nitrogen and oxygen atoms in total. The maximum atomic E-state index is 12.2. The third kappa shape index (κ3) is 3.57. The number of rotatable bonds is 5. The quantitative estimate of drug-likeness (QED) is 0.679. The molecule has 0 fully saturated rings. The fourth-order valence-corrected chi connectivity index (χ4v) is 2.88. The monoisotopic (exact) mass is 306 g/mol. The SMILES string of the molecule is CCc1ccc(NS(=O)(=O)c2cccc([N+](=O)[O-])c2)cc1. The summed E-state index contributed by atoms with van der Waals surface area (Å²) in [5.74, 6) is 0. The van der Waals surface area contributed by atoms with Gasteiger partial charge in [0.15, 0.2) is 0 Å². The number of non-ortho nitro benzene ring substituents is 1. The van der Waals surface area contributed by atoms with E-state index in [2.05, 4.69) is 4.72 Å². The average Bonchev–Trinajstić information content (AvgIpc) is 2.48. The Morgan fingerprint density at radius 1 is 1.14 bits per heavy atom. The molecule has 1 N–H and O–H groups in total. The Morgan fingerprint density at radius 2 is 1.81 bits per heavy atom. The minimum absolute atomic E-state index is 0.142. The van der Waals surface area contributed by atoms with Gasteiger partial charge < -0.3 is 0 Å². The van der Waals surface area contributed by atoms with E-state index < -0.39 is 14.9 Å². The van der Waals surface area contributed by atoms with Crippen molar-refractivity contribution in [3.8, 4) is 0 Å². The minimum atomic E-state index is -3.84. The molecule has 0 amide bonds. The fourth-order valence-electron chi connectivity index (χ4n) is 1.79. The summed E-state index contributed by atoms with van der Waals surface area (Å²) < 4.78 is 26.8. The van der Waals surface area contributed by atoms with Gasteiger partial charge in [-0.05, 0) is 30.2 Å². The van der Waals surface area contributed by atoms with Crippen LogP contribution in [-0.4, -0.2) is 13.3 Å². The van der Waals surface area contributed by atoms with Crippen LogP contribution in [0.4, 0.5) is 11.4 Å². The number of nitro benzene ring substituents is 1. The number of hydrogen-bond acceptors (Lipinski definition) is 4. The van der Waals surface area contributed by atoms with Gasteiger partial charge in [-0.2, -0.15) is 0 Å². The van der Waals surface area contributed by atoms with Gasteiger partial charge in [0.1, 0.15) is 0 Å². The zero-order valence-electron chi connectivity index (χ0n) is 11.3. The third-order valence-corrected chi connectivity index (χ3v) is 4.33. The van der Waals surface area contributed by atoms with Crippen molar-refractivity contribution in [2.75, 3.05) is 4.72 Å². The molecular formula is C14H14N2O4S. The van der Waals surface area contributed by atoms with Crippen molar-refractivity contribution in [1.29, 1.82) is 0 Å². The van der Waals surface area contributed by atoms with Crippen LogP contribution in [0.15, 0.2) is 53.4 Å². The van der Waals surface area contributed by atoms with Gasteiger partial charge in [0.2, 0.25) is 0 Å². The molecule has 0 aromatic heterocycles. The molecule has 0 unspecified atom stereocenters. The number of anilines is 1. The predicted molar refractivity (Wildman–Crippen MR) is 79.7 cm³/mol. The molecule has 0 atom stereocenters. The van der Waals surface area contributed by atoms with Gasteiger partial charge >= 0.3 is 0 Å². The van der Waals surface area contributed by atoms with E-state index in [1.807, 2.05) is 19.1 Å². The van der Waals surface area contributed by atoms with E-state index in [1.165, 1.54) is 18.2 Å². The van der Waals surface area contributed by atoms with Crippen LogP contribution in [0.1, 0.15) is 12.5 Å². The molecule has 2 aromatic carbocycles. The van der Waals surface area contributed by atoms with Gasteiger partial charge in [-0.3, -0.25) is 14.8 Å². The van der Waals surface area contributed by atoms with E-state index in [1.54, 1.807) is 12.1 Å². The summed E-state index contributed by atoms with van der Waals surface area (Å²) in [6.07, 6.45) is 0.859. The molecule has 2 aromatic rings. The van der Waals surface area contributed by atoms with E-state index in [0.717, 1.165) is 18.1 Å². The predicted octanol–water partition coefficient (Wildman–Crippen LogP) is 2.96. The molecule has 7 heteroatoms. The van der Waals surface area contributed by atoms with Gasteiger partial charge in [0.05, 0.1) is 9.82 Å². The highest BCUT2D eigenvalue weighted by atomic mass is 32.2. The summed E-state index contributed by atoms with van der Waals surface area (Å²) in [5, 5.41) is 10.7. The van der Waals surface area contributed by atoms with Crippen molar-refractivity contribution in [3.05, 3.63) is 64.2 Å². The van der Waals surface area contributed by atoms with E-state index >= 15 is 0 Å². The molecule has 21 heavy (non-hydrogen) atoms. The first-order valence-corrected chi connectivity index (χ1v) is 7.77. The second-order valence-electron chi connectivity index (χ2n) is 4.41. The number of nitro groups is 1. The zero-order chi connectivity index (χ0) is 15.5. The Labute approximate surface area is 122 Å². The number of hydrogen-bond donors (Lipinski definition) is 1. The molecule has 0 spiro atoms. The third-order valence-electron chi connectivity index (χ3n) is 2.95. The lowest BCUT2D eigenvalue weighted by atomic mass is 10.2. The van der Waals surface area contributed by atoms with Gasteiger partial charge in [-0.1, -0.05) is 25.1 Å². The van der Waals surface area contributed by atoms with E-state index in [0.29, 0.717) is 5.69 Å². The molecule has 0 saturated heterocycles. The normalized spacial score (nSPS) is 11.1. The Kier molecular flexibility index (Phi) is 4.23. The summed E-state index contributed by atoms with van der Waals surface area (Å²) >= 11 is 0. The molecule has 0 aliphatic rings. The largest absolute Gasteiger partial charge is 0.280 e. The lowest BCUT2D eigenvalue weighted by Crippen LogP contribution is -2.13. The molecule has 0 saturated carbocycles.